The van der Waals surface area contributed by atoms with Gasteiger partial charge in [0.2, 0.25) is 0 Å². The first-order valence-electron chi connectivity index (χ1n) is 5.47. The molecule has 3 rings (SSSR count). The number of aryl methyl sites for hydroxylation is 1. The van der Waals surface area contributed by atoms with Crippen LogP contribution in [0.1, 0.15) is 19.0 Å². The number of hydrogen-bond donors (Lipinski definition) is 0. The maximum absolute atomic E-state index is 6.13. The fourth-order valence-corrected chi connectivity index (χ4v) is 2.65. The minimum Gasteiger partial charge on any atom is -0.261 e. The Morgan fingerprint density at radius 1 is 1.28 bits per heavy atom. The summed E-state index contributed by atoms with van der Waals surface area (Å²) in [6, 6.07) is 0. The van der Waals surface area contributed by atoms with Crippen LogP contribution in [0.25, 0.3) is 16.3 Å². The molecule has 0 unspecified atom stereocenters. The van der Waals surface area contributed by atoms with E-state index in [-0.39, 0.29) is 0 Å². The topological polar surface area (TPSA) is 68.9 Å². The highest BCUT2D eigenvalue weighted by molar-refractivity contribution is 7.09. The summed E-state index contributed by atoms with van der Waals surface area (Å²) < 4.78 is 5.74. The van der Waals surface area contributed by atoms with Crippen LogP contribution in [0, 0.1) is 0 Å². The second kappa shape index (κ2) is 4.58. The van der Waals surface area contributed by atoms with E-state index in [1.54, 1.807) is 16.8 Å². The zero-order chi connectivity index (χ0) is 12.5. The lowest BCUT2D eigenvalue weighted by Gasteiger charge is -2.00. The van der Waals surface area contributed by atoms with Crippen molar-refractivity contribution in [2.24, 2.45) is 0 Å². The summed E-state index contributed by atoms with van der Waals surface area (Å²) in [5, 5.41) is 12.8. The predicted octanol–water partition coefficient (Wildman–Crippen LogP) is 2.25. The number of hydrogen-bond acceptors (Lipinski definition) is 6. The summed E-state index contributed by atoms with van der Waals surface area (Å²) in [5.74, 6) is 0.677. The van der Waals surface area contributed by atoms with E-state index in [1.807, 2.05) is 0 Å². The van der Waals surface area contributed by atoms with Gasteiger partial charge in [0.05, 0.1) is 18.1 Å². The highest BCUT2D eigenvalue weighted by Crippen LogP contribution is 2.27. The first-order chi connectivity index (χ1) is 8.81. The number of halogens is 1. The van der Waals surface area contributed by atoms with Gasteiger partial charge in [-0.2, -0.15) is 0 Å². The zero-order valence-electron chi connectivity index (χ0n) is 9.54. The highest BCUT2D eigenvalue weighted by atomic mass is 35.5. The van der Waals surface area contributed by atoms with Gasteiger partial charge in [-0.25, -0.2) is 0 Å². The van der Waals surface area contributed by atoms with Crippen LogP contribution in [-0.4, -0.2) is 29.2 Å². The molecule has 0 aliphatic carbocycles. The van der Waals surface area contributed by atoms with Gasteiger partial charge >= 0.3 is 0 Å². The van der Waals surface area contributed by atoms with Crippen LogP contribution in [-0.2, 0) is 6.42 Å². The lowest BCUT2D eigenvalue weighted by atomic mass is 10.2. The molecule has 0 spiro atoms. The quantitative estimate of drug-likeness (QED) is 0.736. The van der Waals surface area contributed by atoms with E-state index < -0.39 is 0 Å². The fraction of sp³-hybridized carbons (Fsp3) is 0.300. The molecule has 18 heavy (non-hydrogen) atoms. The van der Waals surface area contributed by atoms with Gasteiger partial charge < -0.3 is 0 Å². The molecule has 8 heteroatoms. The van der Waals surface area contributed by atoms with Gasteiger partial charge in [-0.1, -0.05) is 29.4 Å². The molecule has 3 aromatic heterocycles. The van der Waals surface area contributed by atoms with Crippen LogP contribution >= 0.6 is 23.1 Å². The van der Waals surface area contributed by atoms with E-state index >= 15 is 0 Å². The van der Waals surface area contributed by atoms with Crippen molar-refractivity contribution in [3.8, 4) is 10.7 Å². The van der Waals surface area contributed by atoms with Crippen molar-refractivity contribution in [3.05, 3.63) is 23.2 Å². The van der Waals surface area contributed by atoms with Crippen LogP contribution in [0.5, 0.6) is 0 Å². The number of rotatable bonds is 3. The molecule has 6 nitrogen and oxygen atoms in total. The van der Waals surface area contributed by atoms with Gasteiger partial charge in [-0.15, -0.1) is 15.3 Å². The summed E-state index contributed by atoms with van der Waals surface area (Å²) in [5.41, 5.74) is 1.55. The van der Waals surface area contributed by atoms with Crippen molar-refractivity contribution in [1.29, 1.82) is 0 Å². The van der Waals surface area contributed by atoms with E-state index in [0.29, 0.717) is 16.6 Å². The molecule has 3 aromatic rings. The predicted molar refractivity (Wildman–Crippen MR) is 68.7 cm³/mol. The van der Waals surface area contributed by atoms with Gasteiger partial charge in [-0.3, -0.25) is 9.38 Å². The molecule has 0 aliphatic rings. The summed E-state index contributed by atoms with van der Waals surface area (Å²) in [4.78, 5) is 4.90. The number of nitrogens with zero attached hydrogens (tertiary/aromatic N) is 6. The molecule has 92 valence electrons. The average molecular weight is 281 g/mol. The lowest BCUT2D eigenvalue weighted by molar-refractivity contribution is 0.869. The first kappa shape index (κ1) is 11.5. The van der Waals surface area contributed by atoms with Gasteiger partial charge in [-0.05, 0) is 18.0 Å². The number of fused-ring (bicyclic) bond motifs is 1. The molecule has 0 radical (unpaired) electrons. The minimum absolute atomic E-state index is 0.475. The molecule has 0 amide bonds. The van der Waals surface area contributed by atoms with Crippen LogP contribution < -0.4 is 0 Å². The smallest absolute Gasteiger partial charge is 0.183 e. The standard InChI is InChI=1S/C10H9ClN6S/c1-2-3-6-9(18-16-13-6)10-15-14-8-5-12-4-7(11)17(8)10/h4-5H,2-3H2,1H3. The van der Waals surface area contributed by atoms with Gasteiger partial charge in [0.15, 0.2) is 11.5 Å². The SMILES string of the molecule is CCCc1nnsc1-c1nnc2cncc(Cl)n12. The summed E-state index contributed by atoms with van der Waals surface area (Å²) in [7, 11) is 0. The Morgan fingerprint density at radius 2 is 2.17 bits per heavy atom. The summed E-state index contributed by atoms with van der Waals surface area (Å²) >= 11 is 7.44. The van der Waals surface area contributed by atoms with Crippen LogP contribution in [0.4, 0.5) is 0 Å². The van der Waals surface area contributed by atoms with E-state index in [2.05, 4.69) is 31.7 Å². The second-order valence-electron chi connectivity index (χ2n) is 3.75. The van der Waals surface area contributed by atoms with Crippen molar-refractivity contribution in [1.82, 2.24) is 29.2 Å². The molecule has 0 aromatic carbocycles. The molecule has 0 saturated carbocycles. The Labute approximate surface area is 112 Å². The Hall–Kier alpha value is -1.60. The summed E-state index contributed by atoms with van der Waals surface area (Å²) in [6.07, 6.45) is 5.06. The van der Waals surface area contributed by atoms with Crippen molar-refractivity contribution < 1.29 is 0 Å². The molecular weight excluding hydrogens is 272 g/mol. The zero-order valence-corrected chi connectivity index (χ0v) is 11.1. The Morgan fingerprint density at radius 3 is 3.00 bits per heavy atom. The van der Waals surface area contributed by atoms with E-state index in [1.165, 1.54) is 11.5 Å². The first-order valence-corrected chi connectivity index (χ1v) is 6.62. The fourth-order valence-electron chi connectivity index (χ4n) is 1.74. The van der Waals surface area contributed by atoms with Gasteiger partial charge in [0.25, 0.3) is 0 Å². The van der Waals surface area contributed by atoms with Gasteiger partial charge in [0, 0.05) is 0 Å². The third kappa shape index (κ3) is 1.75. The maximum Gasteiger partial charge on any atom is 0.183 e. The molecular formula is C10H9ClN6S. The lowest BCUT2D eigenvalue weighted by Crippen LogP contribution is -1.94. The Kier molecular flexibility index (Phi) is 2.92. The third-order valence-corrected chi connectivity index (χ3v) is 3.55. The molecule has 0 bridgehead atoms. The van der Waals surface area contributed by atoms with Crippen molar-refractivity contribution in [3.63, 3.8) is 0 Å². The van der Waals surface area contributed by atoms with Crippen LogP contribution in [0.3, 0.4) is 0 Å². The van der Waals surface area contributed by atoms with Gasteiger partial charge in [0.1, 0.15) is 10.0 Å². The number of aromatic nitrogens is 6. The molecule has 0 saturated heterocycles. The van der Waals surface area contributed by atoms with Crippen molar-refractivity contribution in [2.45, 2.75) is 19.8 Å². The van der Waals surface area contributed by atoms with Crippen LogP contribution in [0.15, 0.2) is 12.4 Å². The molecule has 0 N–H and O–H groups in total. The molecule has 0 fully saturated rings. The van der Waals surface area contributed by atoms with E-state index in [0.717, 1.165) is 23.4 Å². The normalized spacial score (nSPS) is 11.2. The molecule has 0 aliphatic heterocycles. The van der Waals surface area contributed by atoms with Crippen LogP contribution in [0.2, 0.25) is 5.15 Å². The second-order valence-corrected chi connectivity index (χ2v) is 4.89. The minimum atomic E-state index is 0.475. The molecule has 0 atom stereocenters. The largest absolute Gasteiger partial charge is 0.261 e. The van der Waals surface area contributed by atoms with Crippen molar-refractivity contribution >= 4 is 28.8 Å². The average Bonchev–Trinajstić information content (AvgIpc) is 2.96. The Bertz CT molecular complexity index is 691. The molecule has 3 heterocycles. The van der Waals surface area contributed by atoms with E-state index in [4.69, 9.17) is 11.6 Å². The van der Waals surface area contributed by atoms with E-state index in [9.17, 15) is 0 Å². The Balaban J connectivity index is 2.22. The maximum atomic E-state index is 6.13. The van der Waals surface area contributed by atoms with Crippen molar-refractivity contribution in [2.75, 3.05) is 0 Å². The third-order valence-electron chi connectivity index (χ3n) is 2.52. The monoisotopic (exact) mass is 280 g/mol. The summed E-state index contributed by atoms with van der Waals surface area (Å²) in [6.45, 7) is 2.10. The highest BCUT2D eigenvalue weighted by Gasteiger charge is 2.17.